The molecule has 0 unspecified atom stereocenters. The Morgan fingerprint density at radius 1 is 1.33 bits per heavy atom. The van der Waals surface area contributed by atoms with E-state index in [-0.39, 0.29) is 5.91 Å². The first kappa shape index (κ1) is 14.8. The van der Waals surface area contributed by atoms with Crippen molar-refractivity contribution in [3.63, 3.8) is 0 Å². The first-order chi connectivity index (χ1) is 10.0. The van der Waals surface area contributed by atoms with E-state index in [0.717, 1.165) is 24.8 Å². The zero-order valence-electron chi connectivity index (χ0n) is 11.5. The van der Waals surface area contributed by atoms with Crippen LogP contribution in [0.2, 0.25) is 10.0 Å². The van der Waals surface area contributed by atoms with Crippen molar-refractivity contribution in [3.05, 3.63) is 45.4 Å². The summed E-state index contributed by atoms with van der Waals surface area (Å²) < 4.78 is 0. The van der Waals surface area contributed by atoms with Crippen LogP contribution in [-0.4, -0.2) is 17.9 Å². The Balaban J connectivity index is 1.96. The summed E-state index contributed by atoms with van der Waals surface area (Å²) in [7, 11) is 1.78. The van der Waals surface area contributed by atoms with E-state index < -0.39 is 5.41 Å². The van der Waals surface area contributed by atoms with Crippen molar-refractivity contribution < 1.29 is 4.79 Å². The van der Waals surface area contributed by atoms with E-state index in [1.54, 1.807) is 24.2 Å². The normalized spacial score (nSPS) is 16.3. The van der Waals surface area contributed by atoms with E-state index in [2.05, 4.69) is 4.98 Å². The van der Waals surface area contributed by atoms with Crippen molar-refractivity contribution in [2.75, 3.05) is 11.9 Å². The van der Waals surface area contributed by atoms with E-state index in [0.29, 0.717) is 15.2 Å². The SMILES string of the molecule is CN(C(=O)C1(c2ccc(Cl)c(Cl)c2)CCC1)c1nccs1. The highest BCUT2D eigenvalue weighted by molar-refractivity contribution is 7.13. The fourth-order valence-electron chi connectivity index (χ4n) is 2.74. The van der Waals surface area contributed by atoms with Gasteiger partial charge in [0.25, 0.3) is 0 Å². The Labute approximate surface area is 137 Å². The summed E-state index contributed by atoms with van der Waals surface area (Å²) in [6.07, 6.45) is 4.41. The number of rotatable bonds is 3. The maximum atomic E-state index is 13.0. The van der Waals surface area contributed by atoms with Crippen LogP contribution >= 0.6 is 34.5 Å². The maximum absolute atomic E-state index is 13.0. The average Bonchev–Trinajstić information content (AvgIpc) is 2.94. The molecular formula is C15H14Cl2N2OS. The van der Waals surface area contributed by atoms with E-state index in [1.807, 2.05) is 17.5 Å². The molecule has 0 radical (unpaired) electrons. The van der Waals surface area contributed by atoms with E-state index >= 15 is 0 Å². The van der Waals surface area contributed by atoms with Gasteiger partial charge in [0.1, 0.15) is 0 Å². The molecule has 3 rings (SSSR count). The minimum absolute atomic E-state index is 0.0714. The lowest BCUT2D eigenvalue weighted by molar-refractivity contribution is -0.126. The molecule has 6 heteroatoms. The van der Waals surface area contributed by atoms with Crippen molar-refractivity contribution in [2.24, 2.45) is 0 Å². The van der Waals surface area contributed by atoms with Crippen LogP contribution in [0.25, 0.3) is 0 Å². The lowest BCUT2D eigenvalue weighted by atomic mass is 9.63. The highest BCUT2D eigenvalue weighted by Crippen LogP contribution is 2.46. The summed E-state index contributed by atoms with van der Waals surface area (Å²) in [5.41, 5.74) is 0.450. The van der Waals surface area contributed by atoms with Crippen molar-refractivity contribution in [1.82, 2.24) is 4.98 Å². The van der Waals surface area contributed by atoms with E-state index in [9.17, 15) is 4.79 Å². The Morgan fingerprint density at radius 2 is 2.10 bits per heavy atom. The van der Waals surface area contributed by atoms with Gasteiger partial charge in [-0.3, -0.25) is 9.69 Å². The number of anilines is 1. The zero-order chi connectivity index (χ0) is 15.0. The van der Waals surface area contributed by atoms with Crippen molar-refractivity contribution >= 4 is 45.6 Å². The van der Waals surface area contributed by atoms with Gasteiger partial charge in [-0.15, -0.1) is 11.3 Å². The number of carbonyl (C=O) groups excluding carboxylic acids is 1. The second kappa shape index (κ2) is 5.59. The van der Waals surface area contributed by atoms with Gasteiger partial charge in [-0.25, -0.2) is 4.98 Å². The molecule has 0 saturated heterocycles. The standard InChI is InChI=1S/C15H14Cl2N2OS/c1-19(14-18-7-8-21-14)13(20)15(5-2-6-15)10-3-4-11(16)12(17)9-10/h3-4,7-9H,2,5-6H2,1H3. The molecule has 0 atom stereocenters. The van der Waals surface area contributed by atoms with E-state index in [4.69, 9.17) is 23.2 Å². The lowest BCUT2D eigenvalue weighted by Gasteiger charge is -2.42. The molecule has 1 saturated carbocycles. The van der Waals surface area contributed by atoms with E-state index in [1.165, 1.54) is 11.3 Å². The number of halogens is 2. The number of carbonyl (C=O) groups is 1. The number of likely N-dealkylation sites (N-methyl/N-ethyl adjacent to an activating group) is 1. The highest BCUT2D eigenvalue weighted by atomic mass is 35.5. The number of amides is 1. The van der Waals surface area contributed by atoms with Crippen LogP contribution in [0, 0.1) is 0 Å². The number of hydrogen-bond acceptors (Lipinski definition) is 3. The first-order valence-electron chi connectivity index (χ1n) is 6.68. The molecule has 0 spiro atoms. The summed E-state index contributed by atoms with van der Waals surface area (Å²) in [4.78, 5) is 18.8. The van der Waals surface area contributed by atoms with Crippen LogP contribution in [-0.2, 0) is 10.2 Å². The van der Waals surface area contributed by atoms with Gasteiger partial charge in [-0.1, -0.05) is 35.7 Å². The van der Waals surface area contributed by atoms with Crippen LogP contribution in [0.15, 0.2) is 29.8 Å². The molecule has 3 nitrogen and oxygen atoms in total. The predicted octanol–water partition coefficient (Wildman–Crippen LogP) is 4.53. The van der Waals surface area contributed by atoms with Gasteiger partial charge in [0, 0.05) is 18.6 Å². The molecule has 2 aromatic rings. The summed E-state index contributed by atoms with van der Waals surface area (Å²) in [5.74, 6) is 0.0714. The molecule has 0 N–H and O–H groups in total. The molecule has 1 aliphatic carbocycles. The third-order valence-corrected chi connectivity index (χ3v) is 5.69. The van der Waals surface area contributed by atoms with Gasteiger partial charge in [-0.05, 0) is 30.5 Å². The summed E-state index contributed by atoms with van der Waals surface area (Å²) in [6, 6.07) is 5.48. The zero-order valence-corrected chi connectivity index (χ0v) is 13.8. The van der Waals surface area contributed by atoms with Gasteiger partial charge in [0.15, 0.2) is 5.13 Å². The second-order valence-electron chi connectivity index (χ2n) is 5.24. The Morgan fingerprint density at radius 3 is 2.62 bits per heavy atom. The van der Waals surface area contributed by atoms with Crippen LogP contribution < -0.4 is 4.90 Å². The smallest absolute Gasteiger partial charge is 0.239 e. The van der Waals surface area contributed by atoms with Crippen LogP contribution in [0.4, 0.5) is 5.13 Å². The van der Waals surface area contributed by atoms with Crippen LogP contribution in [0.3, 0.4) is 0 Å². The minimum Gasteiger partial charge on any atom is -0.290 e. The summed E-state index contributed by atoms with van der Waals surface area (Å²) in [5, 5.41) is 3.58. The number of aromatic nitrogens is 1. The highest BCUT2D eigenvalue weighted by Gasteiger charge is 2.47. The van der Waals surface area contributed by atoms with Gasteiger partial charge < -0.3 is 0 Å². The van der Waals surface area contributed by atoms with Crippen molar-refractivity contribution in [2.45, 2.75) is 24.7 Å². The fourth-order valence-corrected chi connectivity index (χ4v) is 3.64. The third-order valence-electron chi connectivity index (χ3n) is 4.10. The van der Waals surface area contributed by atoms with Crippen molar-refractivity contribution in [3.8, 4) is 0 Å². The Bertz CT molecular complexity index is 668. The molecule has 110 valence electrons. The molecule has 1 aliphatic rings. The molecule has 1 heterocycles. The van der Waals surface area contributed by atoms with Gasteiger partial charge in [0.2, 0.25) is 5.91 Å². The number of benzene rings is 1. The Kier molecular flexibility index (Phi) is 3.95. The van der Waals surface area contributed by atoms with Crippen molar-refractivity contribution in [1.29, 1.82) is 0 Å². The number of hydrogen-bond donors (Lipinski definition) is 0. The fraction of sp³-hybridized carbons (Fsp3) is 0.333. The molecule has 1 fully saturated rings. The van der Waals surface area contributed by atoms with Crippen LogP contribution in [0.1, 0.15) is 24.8 Å². The topological polar surface area (TPSA) is 33.2 Å². The lowest BCUT2D eigenvalue weighted by Crippen LogP contribution is -2.50. The molecule has 1 aromatic heterocycles. The molecule has 21 heavy (non-hydrogen) atoms. The third kappa shape index (κ3) is 2.45. The minimum atomic E-state index is -0.491. The van der Waals surface area contributed by atoms with Crippen LogP contribution in [0.5, 0.6) is 0 Å². The molecule has 0 aliphatic heterocycles. The second-order valence-corrected chi connectivity index (χ2v) is 6.93. The summed E-state index contributed by atoms with van der Waals surface area (Å²) >= 11 is 13.6. The quantitative estimate of drug-likeness (QED) is 0.821. The largest absolute Gasteiger partial charge is 0.290 e. The first-order valence-corrected chi connectivity index (χ1v) is 8.31. The van der Waals surface area contributed by atoms with Gasteiger partial charge >= 0.3 is 0 Å². The van der Waals surface area contributed by atoms with Gasteiger partial charge in [-0.2, -0.15) is 0 Å². The molecular weight excluding hydrogens is 327 g/mol. The average molecular weight is 341 g/mol. The number of nitrogens with zero attached hydrogens (tertiary/aromatic N) is 2. The molecule has 0 bridgehead atoms. The monoisotopic (exact) mass is 340 g/mol. The number of thiazole rings is 1. The Hall–Kier alpha value is -1.10. The molecule has 1 aromatic carbocycles. The van der Waals surface area contributed by atoms with Gasteiger partial charge in [0.05, 0.1) is 15.5 Å². The maximum Gasteiger partial charge on any atom is 0.239 e. The summed E-state index contributed by atoms with van der Waals surface area (Å²) in [6.45, 7) is 0. The predicted molar refractivity (Wildman–Crippen MR) is 87.5 cm³/mol. The molecule has 1 amide bonds.